The van der Waals surface area contributed by atoms with Crippen LogP contribution in [0.25, 0.3) is 0 Å². The molecule has 0 amide bonds. The Morgan fingerprint density at radius 1 is 1.35 bits per heavy atom. The Morgan fingerprint density at radius 3 is 2.90 bits per heavy atom. The van der Waals surface area contributed by atoms with Gasteiger partial charge in [0.25, 0.3) is 0 Å². The summed E-state index contributed by atoms with van der Waals surface area (Å²) >= 11 is 0. The largest absolute Gasteiger partial charge is 0.489 e. The summed E-state index contributed by atoms with van der Waals surface area (Å²) in [6, 6.07) is 5.79. The number of rotatable bonds is 3. The summed E-state index contributed by atoms with van der Waals surface area (Å²) in [4.78, 5) is 11.2. The maximum atomic E-state index is 11.2. The summed E-state index contributed by atoms with van der Waals surface area (Å²) in [5.74, 6) is 0.714. The van der Waals surface area contributed by atoms with Crippen molar-refractivity contribution in [2.45, 2.75) is 57.2 Å². The molecule has 1 spiro atoms. The Bertz CT molecular complexity index is 489. The molecule has 0 radical (unpaired) electrons. The van der Waals surface area contributed by atoms with Gasteiger partial charge in [0.15, 0.2) is 6.29 Å². The lowest BCUT2D eigenvalue weighted by Crippen LogP contribution is -2.41. The Labute approximate surface area is 120 Å². The van der Waals surface area contributed by atoms with E-state index >= 15 is 0 Å². The zero-order chi connectivity index (χ0) is 14.0. The predicted octanol–water partition coefficient (Wildman–Crippen LogP) is 3.68. The van der Waals surface area contributed by atoms with Gasteiger partial charge in [-0.05, 0) is 31.9 Å². The average molecular weight is 274 g/mol. The van der Waals surface area contributed by atoms with E-state index in [-0.39, 0.29) is 11.7 Å². The molecule has 1 aromatic rings. The van der Waals surface area contributed by atoms with Gasteiger partial charge in [0.1, 0.15) is 11.9 Å². The SMILES string of the molecule is Cc1ccc(OC2CCOC3(CCCC3)C2)c(C=O)c1. The molecule has 2 fully saturated rings. The average Bonchev–Trinajstić information content (AvgIpc) is 2.89. The van der Waals surface area contributed by atoms with E-state index in [0.717, 1.165) is 44.1 Å². The summed E-state index contributed by atoms with van der Waals surface area (Å²) in [7, 11) is 0. The molecule has 2 aliphatic rings. The Balaban J connectivity index is 1.72. The number of carbonyl (C=O) groups is 1. The van der Waals surface area contributed by atoms with Crippen molar-refractivity contribution >= 4 is 6.29 Å². The summed E-state index contributed by atoms with van der Waals surface area (Å²) < 4.78 is 12.1. The Kier molecular flexibility index (Phi) is 3.79. The third kappa shape index (κ3) is 2.73. The highest BCUT2D eigenvalue weighted by atomic mass is 16.5. The lowest BCUT2D eigenvalue weighted by atomic mass is 9.90. The van der Waals surface area contributed by atoms with Crippen LogP contribution in [-0.4, -0.2) is 24.6 Å². The van der Waals surface area contributed by atoms with Crippen LogP contribution < -0.4 is 4.74 Å². The molecule has 3 heteroatoms. The van der Waals surface area contributed by atoms with E-state index in [1.807, 2.05) is 25.1 Å². The van der Waals surface area contributed by atoms with E-state index in [9.17, 15) is 4.79 Å². The van der Waals surface area contributed by atoms with E-state index in [2.05, 4.69) is 0 Å². The quantitative estimate of drug-likeness (QED) is 0.789. The van der Waals surface area contributed by atoms with Gasteiger partial charge in [-0.1, -0.05) is 24.5 Å². The number of hydrogen-bond acceptors (Lipinski definition) is 3. The van der Waals surface area contributed by atoms with Crippen LogP contribution in [0.15, 0.2) is 18.2 Å². The van der Waals surface area contributed by atoms with Crippen molar-refractivity contribution in [2.24, 2.45) is 0 Å². The highest BCUT2D eigenvalue weighted by Gasteiger charge is 2.40. The third-order valence-corrected chi connectivity index (χ3v) is 4.55. The van der Waals surface area contributed by atoms with E-state index in [0.29, 0.717) is 11.3 Å². The summed E-state index contributed by atoms with van der Waals surface area (Å²) in [6.45, 7) is 2.76. The number of hydrogen-bond donors (Lipinski definition) is 0. The molecule has 1 saturated heterocycles. The zero-order valence-corrected chi connectivity index (χ0v) is 12.1. The first-order chi connectivity index (χ1) is 9.71. The first kappa shape index (κ1) is 13.6. The second kappa shape index (κ2) is 5.57. The fourth-order valence-corrected chi connectivity index (χ4v) is 3.50. The van der Waals surface area contributed by atoms with E-state index < -0.39 is 0 Å². The van der Waals surface area contributed by atoms with Crippen molar-refractivity contribution in [3.8, 4) is 5.75 Å². The lowest BCUT2D eigenvalue weighted by molar-refractivity contribution is -0.108. The maximum Gasteiger partial charge on any atom is 0.153 e. The van der Waals surface area contributed by atoms with Gasteiger partial charge in [-0.3, -0.25) is 4.79 Å². The molecular weight excluding hydrogens is 252 g/mol. The van der Waals surface area contributed by atoms with Gasteiger partial charge in [-0.2, -0.15) is 0 Å². The van der Waals surface area contributed by atoms with Crippen molar-refractivity contribution in [3.63, 3.8) is 0 Å². The standard InChI is InChI=1S/C17H22O3/c1-13-4-5-16(14(10-13)12-18)20-15-6-9-19-17(11-15)7-2-3-8-17/h4-5,10,12,15H,2-3,6-9,11H2,1H3. The molecule has 1 aliphatic carbocycles. The van der Waals surface area contributed by atoms with Crippen LogP contribution >= 0.6 is 0 Å². The topological polar surface area (TPSA) is 35.5 Å². The number of aryl methyl sites for hydroxylation is 1. The van der Waals surface area contributed by atoms with Gasteiger partial charge in [0, 0.05) is 12.8 Å². The van der Waals surface area contributed by atoms with Gasteiger partial charge in [-0.15, -0.1) is 0 Å². The molecule has 20 heavy (non-hydrogen) atoms. The zero-order valence-electron chi connectivity index (χ0n) is 12.1. The van der Waals surface area contributed by atoms with Crippen molar-refractivity contribution in [1.82, 2.24) is 0 Å². The first-order valence-electron chi connectivity index (χ1n) is 7.57. The second-order valence-electron chi connectivity index (χ2n) is 6.13. The highest BCUT2D eigenvalue weighted by molar-refractivity contribution is 5.79. The fourth-order valence-electron chi connectivity index (χ4n) is 3.50. The molecule has 1 atom stereocenters. The molecule has 1 heterocycles. The summed E-state index contributed by atoms with van der Waals surface area (Å²) in [6.07, 6.45) is 7.75. The molecule has 1 unspecified atom stereocenters. The van der Waals surface area contributed by atoms with Crippen LogP contribution in [0.5, 0.6) is 5.75 Å². The van der Waals surface area contributed by atoms with E-state index in [4.69, 9.17) is 9.47 Å². The van der Waals surface area contributed by atoms with Crippen molar-refractivity contribution < 1.29 is 14.3 Å². The van der Waals surface area contributed by atoms with Crippen LogP contribution in [-0.2, 0) is 4.74 Å². The molecule has 3 rings (SSSR count). The molecule has 1 saturated carbocycles. The van der Waals surface area contributed by atoms with Gasteiger partial charge in [0.2, 0.25) is 0 Å². The minimum absolute atomic E-state index is 0.0506. The van der Waals surface area contributed by atoms with Gasteiger partial charge < -0.3 is 9.47 Å². The maximum absolute atomic E-state index is 11.2. The summed E-state index contributed by atoms with van der Waals surface area (Å²) in [5.41, 5.74) is 1.78. The van der Waals surface area contributed by atoms with Gasteiger partial charge in [0.05, 0.1) is 17.8 Å². The van der Waals surface area contributed by atoms with Crippen molar-refractivity contribution in [2.75, 3.05) is 6.61 Å². The van der Waals surface area contributed by atoms with Crippen LogP contribution in [0.2, 0.25) is 0 Å². The van der Waals surface area contributed by atoms with Crippen molar-refractivity contribution in [3.05, 3.63) is 29.3 Å². The Hall–Kier alpha value is -1.35. The minimum Gasteiger partial charge on any atom is -0.489 e. The lowest BCUT2D eigenvalue weighted by Gasteiger charge is -2.38. The number of benzene rings is 1. The fraction of sp³-hybridized carbons (Fsp3) is 0.588. The van der Waals surface area contributed by atoms with Crippen LogP contribution in [0.3, 0.4) is 0 Å². The normalized spacial score (nSPS) is 24.8. The molecule has 3 nitrogen and oxygen atoms in total. The van der Waals surface area contributed by atoms with Crippen LogP contribution in [0.4, 0.5) is 0 Å². The second-order valence-corrected chi connectivity index (χ2v) is 6.13. The van der Waals surface area contributed by atoms with E-state index in [1.54, 1.807) is 0 Å². The minimum atomic E-state index is 0.0506. The molecular formula is C17H22O3. The summed E-state index contributed by atoms with van der Waals surface area (Å²) in [5, 5.41) is 0. The number of carbonyl (C=O) groups excluding carboxylic acids is 1. The highest BCUT2D eigenvalue weighted by Crippen LogP contribution is 2.41. The van der Waals surface area contributed by atoms with Crippen molar-refractivity contribution in [1.29, 1.82) is 0 Å². The van der Waals surface area contributed by atoms with E-state index in [1.165, 1.54) is 12.8 Å². The van der Waals surface area contributed by atoms with Gasteiger partial charge in [-0.25, -0.2) is 0 Å². The smallest absolute Gasteiger partial charge is 0.153 e. The molecule has 0 bridgehead atoms. The molecule has 0 N–H and O–H groups in total. The number of aldehydes is 1. The predicted molar refractivity (Wildman–Crippen MR) is 77.4 cm³/mol. The third-order valence-electron chi connectivity index (χ3n) is 4.55. The van der Waals surface area contributed by atoms with Crippen LogP contribution in [0.1, 0.15) is 54.4 Å². The van der Waals surface area contributed by atoms with Gasteiger partial charge >= 0.3 is 0 Å². The molecule has 108 valence electrons. The Morgan fingerprint density at radius 2 is 2.15 bits per heavy atom. The van der Waals surface area contributed by atoms with Crippen LogP contribution in [0, 0.1) is 6.92 Å². The first-order valence-corrected chi connectivity index (χ1v) is 7.57. The molecule has 1 aliphatic heterocycles. The molecule has 0 aromatic heterocycles. The number of ether oxygens (including phenoxy) is 2. The molecule has 1 aromatic carbocycles. The monoisotopic (exact) mass is 274 g/mol.